The lowest BCUT2D eigenvalue weighted by atomic mass is 10.3. The number of nitrogens with zero attached hydrogens (tertiary/aromatic N) is 1. The van der Waals surface area contributed by atoms with Gasteiger partial charge in [0, 0.05) is 12.7 Å². The van der Waals surface area contributed by atoms with E-state index in [0.717, 1.165) is 5.69 Å². The third-order valence-corrected chi connectivity index (χ3v) is 5.03. The highest BCUT2D eigenvalue weighted by Gasteiger charge is 2.18. The maximum absolute atomic E-state index is 11.9. The van der Waals surface area contributed by atoms with Gasteiger partial charge in [-0.1, -0.05) is 0 Å². The number of sulfone groups is 1. The molecule has 0 saturated heterocycles. The normalized spacial score (nSPS) is 11.8. The largest absolute Gasteiger partial charge is 0.366 e. The van der Waals surface area contributed by atoms with E-state index in [0.29, 0.717) is 10.8 Å². The lowest BCUT2D eigenvalue weighted by Crippen LogP contribution is -2.16. The predicted octanol–water partition coefficient (Wildman–Crippen LogP) is 2.19. The Morgan fingerprint density at radius 3 is 2.12 bits per heavy atom. The van der Waals surface area contributed by atoms with E-state index in [9.17, 15) is 8.42 Å². The van der Waals surface area contributed by atoms with Crippen molar-refractivity contribution in [3.05, 3.63) is 24.3 Å². The molecule has 0 aliphatic rings. The minimum atomic E-state index is -3.16. The molecule has 3 nitrogen and oxygen atoms in total. The summed E-state index contributed by atoms with van der Waals surface area (Å²) in [5, 5.41) is -0.388. The van der Waals surface area contributed by atoms with Crippen LogP contribution >= 0.6 is 12.6 Å². The van der Waals surface area contributed by atoms with Crippen LogP contribution in [-0.4, -0.2) is 26.6 Å². The van der Waals surface area contributed by atoms with Crippen LogP contribution in [0.3, 0.4) is 0 Å². The second-order valence-electron chi connectivity index (χ2n) is 3.93. The molecule has 0 fully saturated rings. The van der Waals surface area contributed by atoms with Gasteiger partial charge in [-0.3, -0.25) is 0 Å². The summed E-state index contributed by atoms with van der Waals surface area (Å²) in [6.07, 6.45) is 0. The standard InChI is InChI=1S/C11H17NO2S2/c1-9(2)16(13,14)11-6-4-10(5-7-11)12(3)8-15/h4-7,9,15H,8H2,1-3H3. The summed E-state index contributed by atoms with van der Waals surface area (Å²) in [5.41, 5.74) is 0.956. The Bertz CT molecular complexity index is 438. The summed E-state index contributed by atoms with van der Waals surface area (Å²) in [4.78, 5) is 2.30. The molecule has 1 aromatic carbocycles. The zero-order valence-corrected chi connectivity index (χ0v) is 11.4. The molecule has 0 N–H and O–H groups in total. The van der Waals surface area contributed by atoms with Crippen LogP contribution < -0.4 is 4.90 Å². The van der Waals surface area contributed by atoms with E-state index < -0.39 is 9.84 Å². The number of rotatable bonds is 4. The van der Waals surface area contributed by atoms with Crippen LogP contribution in [0.1, 0.15) is 13.8 Å². The highest BCUT2D eigenvalue weighted by Crippen LogP contribution is 2.20. The quantitative estimate of drug-likeness (QED) is 0.665. The Morgan fingerprint density at radius 1 is 1.25 bits per heavy atom. The van der Waals surface area contributed by atoms with Gasteiger partial charge in [-0.15, -0.1) is 0 Å². The van der Waals surface area contributed by atoms with Gasteiger partial charge in [0.25, 0.3) is 0 Å². The highest BCUT2D eigenvalue weighted by atomic mass is 32.2. The van der Waals surface area contributed by atoms with Gasteiger partial charge in [-0.2, -0.15) is 12.6 Å². The van der Waals surface area contributed by atoms with Crippen molar-refractivity contribution in [1.82, 2.24) is 0 Å². The van der Waals surface area contributed by atoms with Crippen LogP contribution in [0.5, 0.6) is 0 Å². The van der Waals surface area contributed by atoms with Crippen molar-refractivity contribution < 1.29 is 8.42 Å². The topological polar surface area (TPSA) is 37.4 Å². The molecular weight excluding hydrogens is 242 g/mol. The molecule has 90 valence electrons. The van der Waals surface area contributed by atoms with Crippen molar-refractivity contribution in [1.29, 1.82) is 0 Å². The predicted molar refractivity (Wildman–Crippen MR) is 71.0 cm³/mol. The molecule has 0 atom stereocenters. The van der Waals surface area contributed by atoms with E-state index in [1.807, 2.05) is 11.9 Å². The molecule has 0 unspecified atom stereocenters. The molecule has 1 aromatic rings. The number of benzene rings is 1. The second kappa shape index (κ2) is 5.10. The van der Waals surface area contributed by atoms with Gasteiger partial charge < -0.3 is 4.90 Å². The lowest BCUT2D eigenvalue weighted by molar-refractivity contribution is 0.587. The minimum Gasteiger partial charge on any atom is -0.366 e. The number of hydrogen-bond acceptors (Lipinski definition) is 4. The minimum absolute atomic E-state index is 0.374. The van der Waals surface area contributed by atoms with Gasteiger partial charge in [0.05, 0.1) is 16.0 Å². The Hall–Kier alpha value is -0.680. The van der Waals surface area contributed by atoms with Gasteiger partial charge in [0.1, 0.15) is 0 Å². The summed E-state index contributed by atoms with van der Waals surface area (Å²) in [7, 11) is -1.26. The van der Waals surface area contributed by atoms with Gasteiger partial charge in [0.15, 0.2) is 9.84 Å². The van der Waals surface area contributed by atoms with Crippen molar-refractivity contribution in [2.24, 2.45) is 0 Å². The fraction of sp³-hybridized carbons (Fsp3) is 0.455. The van der Waals surface area contributed by atoms with Crippen molar-refractivity contribution in [2.45, 2.75) is 24.0 Å². The first-order valence-electron chi connectivity index (χ1n) is 5.05. The first-order valence-corrected chi connectivity index (χ1v) is 7.23. The van der Waals surface area contributed by atoms with E-state index in [-0.39, 0.29) is 5.25 Å². The average Bonchev–Trinajstić information content (AvgIpc) is 2.28. The molecule has 0 aliphatic carbocycles. The molecule has 0 aromatic heterocycles. The number of thiol groups is 1. The molecule has 1 rings (SSSR count). The van der Waals surface area contributed by atoms with E-state index >= 15 is 0 Å². The molecule has 0 saturated carbocycles. The Kier molecular flexibility index (Phi) is 4.27. The Balaban J connectivity index is 3.05. The average molecular weight is 259 g/mol. The van der Waals surface area contributed by atoms with Crippen LogP contribution in [0.2, 0.25) is 0 Å². The molecule has 5 heteroatoms. The smallest absolute Gasteiger partial charge is 0.180 e. The maximum atomic E-state index is 11.9. The van der Waals surface area contributed by atoms with Crippen LogP contribution in [-0.2, 0) is 9.84 Å². The van der Waals surface area contributed by atoms with Gasteiger partial charge in [0.2, 0.25) is 0 Å². The van der Waals surface area contributed by atoms with Crippen LogP contribution in [0.15, 0.2) is 29.2 Å². The monoisotopic (exact) mass is 259 g/mol. The van der Waals surface area contributed by atoms with Crippen molar-refractivity contribution in [3.63, 3.8) is 0 Å². The van der Waals surface area contributed by atoms with Crippen molar-refractivity contribution >= 4 is 28.2 Å². The Morgan fingerprint density at radius 2 is 1.75 bits per heavy atom. The van der Waals surface area contributed by atoms with Crippen LogP contribution in [0.4, 0.5) is 5.69 Å². The fourth-order valence-corrected chi connectivity index (χ4v) is 2.47. The zero-order valence-electron chi connectivity index (χ0n) is 9.71. The third-order valence-electron chi connectivity index (χ3n) is 2.44. The van der Waals surface area contributed by atoms with E-state index in [1.54, 1.807) is 38.1 Å². The molecule has 0 aliphatic heterocycles. The molecule has 16 heavy (non-hydrogen) atoms. The van der Waals surface area contributed by atoms with Crippen molar-refractivity contribution in [3.8, 4) is 0 Å². The zero-order chi connectivity index (χ0) is 12.3. The fourth-order valence-electron chi connectivity index (χ4n) is 1.24. The number of hydrogen-bond donors (Lipinski definition) is 1. The van der Waals surface area contributed by atoms with E-state index in [1.165, 1.54) is 0 Å². The molecule has 0 heterocycles. The summed E-state index contributed by atoms with van der Waals surface area (Å²) >= 11 is 4.15. The first kappa shape index (κ1) is 13.4. The second-order valence-corrected chi connectivity index (χ2v) is 6.71. The Labute approximate surface area is 103 Å². The summed E-state index contributed by atoms with van der Waals surface area (Å²) in [5.74, 6) is 0.594. The summed E-state index contributed by atoms with van der Waals surface area (Å²) in [6, 6.07) is 6.88. The molecule has 0 radical (unpaired) electrons. The summed E-state index contributed by atoms with van der Waals surface area (Å²) in [6.45, 7) is 3.37. The first-order chi connectivity index (χ1) is 7.39. The molecule has 0 spiro atoms. The number of anilines is 1. The van der Waals surface area contributed by atoms with Gasteiger partial charge in [-0.25, -0.2) is 8.42 Å². The van der Waals surface area contributed by atoms with Crippen molar-refractivity contribution in [2.75, 3.05) is 17.8 Å². The SMILES string of the molecule is CC(C)S(=O)(=O)c1ccc(N(C)CS)cc1. The lowest BCUT2D eigenvalue weighted by Gasteiger charge is -2.16. The maximum Gasteiger partial charge on any atom is 0.180 e. The van der Waals surface area contributed by atoms with E-state index in [4.69, 9.17) is 0 Å². The van der Waals surface area contributed by atoms with E-state index in [2.05, 4.69) is 12.6 Å². The van der Waals surface area contributed by atoms with Crippen LogP contribution in [0.25, 0.3) is 0 Å². The molecule has 0 bridgehead atoms. The molecule has 0 amide bonds. The summed E-state index contributed by atoms with van der Waals surface area (Å²) < 4.78 is 23.7. The van der Waals surface area contributed by atoms with Gasteiger partial charge >= 0.3 is 0 Å². The third kappa shape index (κ3) is 2.71. The molecular formula is C11H17NO2S2. The van der Waals surface area contributed by atoms with Gasteiger partial charge in [-0.05, 0) is 38.1 Å². The highest BCUT2D eigenvalue weighted by molar-refractivity contribution is 7.92. The van der Waals surface area contributed by atoms with Crippen LogP contribution in [0, 0.1) is 0 Å².